The molecule has 0 aromatic heterocycles. The number of carbonyl (C=O) groups is 1. The Morgan fingerprint density at radius 1 is 1.25 bits per heavy atom. The minimum atomic E-state index is -2.22. The molecule has 0 saturated carbocycles. The molecule has 1 heterocycles. The van der Waals surface area contributed by atoms with Crippen molar-refractivity contribution in [3.8, 4) is 0 Å². The molecule has 3 nitrogen and oxygen atoms in total. The average molecular weight is 439 g/mol. The molecule has 92 valence electrons. The number of cyclic esters (lactones) is 1. The summed E-state index contributed by atoms with van der Waals surface area (Å²) in [5, 5.41) is 0. The Bertz CT molecular complexity index is 313. The van der Waals surface area contributed by atoms with Gasteiger partial charge < -0.3 is 0 Å². The van der Waals surface area contributed by atoms with E-state index >= 15 is 0 Å². The van der Waals surface area contributed by atoms with Gasteiger partial charge in [0.25, 0.3) is 0 Å². The summed E-state index contributed by atoms with van der Waals surface area (Å²) in [6.07, 6.45) is -0.131. The molecule has 1 rings (SSSR count). The van der Waals surface area contributed by atoms with Crippen molar-refractivity contribution in [2.45, 2.75) is 29.6 Å². The van der Waals surface area contributed by atoms with Crippen molar-refractivity contribution in [3.63, 3.8) is 0 Å². The normalized spacial score (nSPS) is 19.0. The molecule has 16 heavy (non-hydrogen) atoms. The van der Waals surface area contributed by atoms with Crippen LogP contribution < -0.4 is 0 Å². The van der Waals surface area contributed by atoms with Gasteiger partial charge in [0.05, 0.1) is 0 Å². The van der Waals surface area contributed by atoms with Gasteiger partial charge >= 0.3 is 108 Å². The molecular formula is C11H23NO2Sn2. The van der Waals surface area contributed by atoms with Crippen LogP contribution in [-0.4, -0.2) is 60.9 Å². The Labute approximate surface area is 107 Å². The van der Waals surface area contributed by atoms with Gasteiger partial charge in [-0.2, -0.15) is 0 Å². The molecule has 1 aliphatic heterocycles. The Balaban J connectivity index is 3.06. The van der Waals surface area contributed by atoms with Gasteiger partial charge in [0.15, 0.2) is 0 Å². The number of nitrogens with zero attached hydrogens (tertiary/aromatic N) is 1. The molecule has 1 saturated heterocycles. The van der Waals surface area contributed by atoms with Crippen molar-refractivity contribution in [1.82, 2.24) is 4.90 Å². The van der Waals surface area contributed by atoms with Gasteiger partial charge in [0.2, 0.25) is 0 Å². The van der Waals surface area contributed by atoms with Crippen molar-refractivity contribution in [1.29, 1.82) is 0 Å². The van der Waals surface area contributed by atoms with E-state index in [0.717, 1.165) is 6.54 Å². The fourth-order valence-corrected chi connectivity index (χ4v) is 25.2. The molecule has 5 heteroatoms. The molecule has 0 aromatic carbocycles. The zero-order chi connectivity index (χ0) is 12.6. The van der Waals surface area contributed by atoms with E-state index in [9.17, 15) is 4.79 Å². The summed E-state index contributed by atoms with van der Waals surface area (Å²) in [6.45, 7) is 1.30. The van der Waals surface area contributed by atoms with E-state index in [1.807, 2.05) is 4.90 Å². The van der Waals surface area contributed by atoms with Gasteiger partial charge in [-0.1, -0.05) is 0 Å². The summed E-state index contributed by atoms with van der Waals surface area (Å²) in [5.74, 6) is 0. The first-order valence-electron chi connectivity index (χ1n) is 5.79. The van der Waals surface area contributed by atoms with Crippen molar-refractivity contribution >= 4 is 42.8 Å². The minimum absolute atomic E-state index is 0.131. The Hall–Kier alpha value is 0.607. The van der Waals surface area contributed by atoms with Crippen LogP contribution >= 0.6 is 0 Å². The van der Waals surface area contributed by atoms with Crippen LogP contribution in [0.2, 0.25) is 29.6 Å². The molecule has 1 aliphatic rings. The zero-order valence-electron chi connectivity index (χ0n) is 11.3. The Morgan fingerprint density at radius 2 is 1.81 bits per heavy atom. The first-order valence-corrected chi connectivity index (χ1v) is 26.0. The molecule has 0 radical (unpaired) electrons. The molecule has 0 spiro atoms. The van der Waals surface area contributed by atoms with Crippen LogP contribution in [0.4, 0.5) is 4.79 Å². The van der Waals surface area contributed by atoms with Crippen LogP contribution in [0.3, 0.4) is 0 Å². The number of hydrogen-bond acceptors (Lipinski definition) is 2. The van der Waals surface area contributed by atoms with Crippen LogP contribution in [0.5, 0.6) is 0 Å². The van der Waals surface area contributed by atoms with E-state index in [-0.39, 0.29) is 6.09 Å². The van der Waals surface area contributed by atoms with Crippen molar-refractivity contribution in [3.05, 3.63) is 7.80 Å². The summed E-state index contributed by atoms with van der Waals surface area (Å²) in [4.78, 5) is 27.8. The zero-order valence-corrected chi connectivity index (χ0v) is 17.0. The first kappa shape index (κ1) is 14.7. The van der Waals surface area contributed by atoms with Gasteiger partial charge in [-0.3, -0.25) is 0 Å². The van der Waals surface area contributed by atoms with Crippen molar-refractivity contribution in [2.24, 2.45) is 0 Å². The maximum absolute atomic E-state index is 11.7. The van der Waals surface area contributed by atoms with Gasteiger partial charge in [-0.15, -0.1) is 0 Å². The summed E-state index contributed by atoms with van der Waals surface area (Å²) in [7, 11) is 0. The quantitative estimate of drug-likeness (QED) is 0.634. The van der Waals surface area contributed by atoms with Gasteiger partial charge in [-0.25, -0.2) is 0 Å². The van der Waals surface area contributed by atoms with E-state index in [0.29, 0.717) is 6.61 Å². The summed E-state index contributed by atoms with van der Waals surface area (Å²) in [6, 6.07) is 0. The molecular weight excluding hydrogens is 416 g/mol. The fourth-order valence-electron chi connectivity index (χ4n) is 1.72. The number of ether oxygens (including phenoxy) is 1. The standard InChI is InChI=1S/C5H5NO2.6CH3.2Sn/c1-2-6-3-4-8-5(6)7;;;;;;;;/h1H,3-4H2;6*1H3;;. The third-order valence-electron chi connectivity index (χ3n) is 2.39. The van der Waals surface area contributed by atoms with E-state index in [1.165, 1.54) is 3.71 Å². The van der Waals surface area contributed by atoms with E-state index in [2.05, 4.69) is 33.7 Å². The monoisotopic (exact) mass is 441 g/mol. The Kier molecular flexibility index (Phi) is 4.66. The number of rotatable bonds is 3. The van der Waals surface area contributed by atoms with Gasteiger partial charge in [0, 0.05) is 0 Å². The fraction of sp³-hybridized carbons (Fsp3) is 0.727. The van der Waals surface area contributed by atoms with E-state index in [1.54, 1.807) is 0 Å². The van der Waals surface area contributed by atoms with Crippen LogP contribution in [0, 0.1) is 0 Å². The topological polar surface area (TPSA) is 29.5 Å². The predicted octanol–water partition coefficient (Wildman–Crippen LogP) is 3.08. The summed E-state index contributed by atoms with van der Waals surface area (Å²) < 4.78 is 8.89. The average Bonchev–Trinajstić information content (AvgIpc) is 2.43. The molecule has 0 aromatic rings. The van der Waals surface area contributed by atoms with Crippen molar-refractivity contribution < 1.29 is 9.53 Å². The van der Waals surface area contributed by atoms with Crippen LogP contribution in [0.1, 0.15) is 0 Å². The number of hydrogen-bond donors (Lipinski definition) is 0. The second-order valence-corrected chi connectivity index (χ2v) is 35.0. The molecule has 1 amide bonds. The van der Waals surface area contributed by atoms with Crippen LogP contribution in [0.25, 0.3) is 0 Å². The Morgan fingerprint density at radius 3 is 2.12 bits per heavy atom. The summed E-state index contributed by atoms with van der Waals surface area (Å²) in [5.41, 5.74) is 0. The van der Waals surface area contributed by atoms with Gasteiger partial charge in [-0.05, 0) is 0 Å². The third kappa shape index (κ3) is 4.12. The SMILES string of the molecule is [CH3][Sn]([CH3])([CH3])/[CH]=[C](/N1CCOC1=O)[Sn]([CH3])([CH3])[CH3]. The van der Waals surface area contributed by atoms with Crippen LogP contribution in [-0.2, 0) is 4.74 Å². The van der Waals surface area contributed by atoms with Crippen molar-refractivity contribution in [2.75, 3.05) is 13.2 Å². The summed E-state index contributed by atoms with van der Waals surface area (Å²) >= 11 is -4.22. The number of carbonyl (C=O) groups excluding carboxylic acids is 1. The number of amides is 1. The molecule has 0 aliphatic carbocycles. The second kappa shape index (κ2) is 5.08. The molecule has 0 N–H and O–H groups in total. The van der Waals surface area contributed by atoms with E-state index < -0.39 is 36.8 Å². The predicted molar refractivity (Wildman–Crippen MR) is 72.8 cm³/mol. The van der Waals surface area contributed by atoms with Crippen LogP contribution in [0.15, 0.2) is 7.80 Å². The third-order valence-corrected chi connectivity index (χ3v) is 13.6. The molecule has 0 atom stereocenters. The van der Waals surface area contributed by atoms with E-state index in [4.69, 9.17) is 4.74 Å². The van der Waals surface area contributed by atoms with Gasteiger partial charge in [0.1, 0.15) is 0 Å². The molecule has 1 fully saturated rings. The molecule has 0 bridgehead atoms. The second-order valence-electron chi connectivity index (χ2n) is 6.41. The first-order chi connectivity index (χ1) is 7.11. The molecule has 0 unspecified atom stereocenters. The maximum atomic E-state index is 11.7.